The van der Waals surface area contributed by atoms with E-state index >= 15 is 0 Å². The van der Waals surface area contributed by atoms with E-state index in [-0.39, 0.29) is 11.5 Å². The van der Waals surface area contributed by atoms with Crippen LogP contribution in [0.15, 0.2) is 23.1 Å². The zero-order valence-corrected chi connectivity index (χ0v) is 11.7. The van der Waals surface area contributed by atoms with Gasteiger partial charge in [0.1, 0.15) is 0 Å². The smallest absolute Gasteiger partial charge is 0.253 e. The predicted octanol–water partition coefficient (Wildman–Crippen LogP) is 1.30. The van der Waals surface area contributed by atoms with Crippen molar-refractivity contribution in [2.45, 2.75) is 38.6 Å². The molecule has 0 unspecified atom stereocenters. The number of amides is 1. The largest absolute Gasteiger partial charge is 0.346 e. The molecule has 0 saturated heterocycles. The van der Waals surface area contributed by atoms with Crippen molar-refractivity contribution in [3.8, 4) is 0 Å². The molecule has 1 aliphatic rings. The van der Waals surface area contributed by atoms with Crippen molar-refractivity contribution >= 4 is 5.91 Å². The van der Waals surface area contributed by atoms with Crippen LogP contribution in [0.5, 0.6) is 0 Å². The molecule has 6 nitrogen and oxygen atoms in total. The van der Waals surface area contributed by atoms with Gasteiger partial charge >= 0.3 is 0 Å². The van der Waals surface area contributed by atoms with E-state index in [1.54, 1.807) is 0 Å². The molecular formula is C15H18N4O2. The lowest BCUT2D eigenvalue weighted by Gasteiger charge is -2.05. The summed E-state index contributed by atoms with van der Waals surface area (Å²) in [6.07, 6.45) is 7.09. The molecule has 1 amide bonds. The second kappa shape index (κ2) is 5.95. The van der Waals surface area contributed by atoms with Crippen LogP contribution in [0, 0.1) is 0 Å². The molecule has 2 heterocycles. The van der Waals surface area contributed by atoms with E-state index in [4.69, 9.17) is 0 Å². The van der Waals surface area contributed by atoms with Gasteiger partial charge in [-0.3, -0.25) is 14.7 Å². The summed E-state index contributed by atoms with van der Waals surface area (Å²) in [5.41, 5.74) is 3.61. The van der Waals surface area contributed by atoms with E-state index in [2.05, 4.69) is 20.5 Å². The number of nitrogens with zero attached hydrogens (tertiary/aromatic N) is 1. The molecule has 2 aromatic heterocycles. The van der Waals surface area contributed by atoms with Gasteiger partial charge in [-0.25, -0.2) is 0 Å². The Morgan fingerprint density at radius 3 is 2.90 bits per heavy atom. The van der Waals surface area contributed by atoms with E-state index in [0.29, 0.717) is 12.1 Å². The number of pyridine rings is 1. The first kappa shape index (κ1) is 13.6. The first-order chi connectivity index (χ1) is 10.2. The molecule has 0 spiro atoms. The second-order valence-corrected chi connectivity index (χ2v) is 5.31. The number of carbonyl (C=O) groups excluding carboxylic acids is 1. The molecule has 3 N–H and O–H groups in total. The lowest BCUT2D eigenvalue weighted by molar-refractivity contribution is 0.0950. The zero-order chi connectivity index (χ0) is 14.7. The van der Waals surface area contributed by atoms with Crippen molar-refractivity contribution in [2.24, 2.45) is 0 Å². The van der Waals surface area contributed by atoms with Gasteiger partial charge in [0, 0.05) is 18.0 Å². The molecule has 0 fully saturated rings. The van der Waals surface area contributed by atoms with Crippen molar-refractivity contribution < 1.29 is 4.79 Å². The topological polar surface area (TPSA) is 90.6 Å². The van der Waals surface area contributed by atoms with Crippen molar-refractivity contribution in [2.75, 3.05) is 0 Å². The molecule has 0 atom stereocenters. The van der Waals surface area contributed by atoms with Gasteiger partial charge in [0.05, 0.1) is 17.8 Å². The van der Waals surface area contributed by atoms with Crippen molar-refractivity contribution in [3.05, 3.63) is 51.2 Å². The van der Waals surface area contributed by atoms with Crippen LogP contribution in [-0.2, 0) is 19.4 Å². The summed E-state index contributed by atoms with van der Waals surface area (Å²) >= 11 is 0. The standard InChI is InChI=1S/C15H18N4O2/c20-14-7-6-10(8-16-14)15(21)17-9-13-11-4-2-1-3-5-12(11)18-19-13/h6-8H,1-5,9H2,(H,16,20)(H,17,21)(H,18,19). The average Bonchev–Trinajstić information content (AvgIpc) is 2.72. The fraction of sp³-hybridized carbons (Fsp3) is 0.400. The highest BCUT2D eigenvalue weighted by molar-refractivity contribution is 5.93. The van der Waals surface area contributed by atoms with E-state index in [1.807, 2.05) is 0 Å². The number of hydrogen-bond donors (Lipinski definition) is 3. The van der Waals surface area contributed by atoms with Crippen molar-refractivity contribution in [1.29, 1.82) is 0 Å². The highest BCUT2D eigenvalue weighted by Crippen LogP contribution is 2.21. The van der Waals surface area contributed by atoms with E-state index in [9.17, 15) is 9.59 Å². The Morgan fingerprint density at radius 1 is 1.24 bits per heavy atom. The minimum Gasteiger partial charge on any atom is -0.346 e. The number of carbonyl (C=O) groups is 1. The molecule has 3 rings (SSSR count). The quantitative estimate of drug-likeness (QED) is 0.743. The van der Waals surface area contributed by atoms with Crippen molar-refractivity contribution in [3.63, 3.8) is 0 Å². The number of H-pyrrole nitrogens is 2. The van der Waals surface area contributed by atoms with Crippen LogP contribution in [0.25, 0.3) is 0 Å². The monoisotopic (exact) mass is 286 g/mol. The molecule has 0 saturated carbocycles. The summed E-state index contributed by atoms with van der Waals surface area (Å²) < 4.78 is 0. The second-order valence-electron chi connectivity index (χ2n) is 5.31. The molecule has 0 aromatic carbocycles. The Labute approximate surface area is 122 Å². The van der Waals surface area contributed by atoms with E-state index < -0.39 is 0 Å². The maximum absolute atomic E-state index is 12.0. The number of fused-ring (bicyclic) bond motifs is 1. The molecular weight excluding hydrogens is 268 g/mol. The summed E-state index contributed by atoms with van der Waals surface area (Å²) in [4.78, 5) is 25.5. The number of rotatable bonds is 3. The van der Waals surface area contributed by atoms with Gasteiger partial charge in [-0.05, 0) is 37.3 Å². The summed E-state index contributed by atoms with van der Waals surface area (Å²) in [6, 6.07) is 2.86. The lowest BCUT2D eigenvalue weighted by atomic mass is 10.1. The highest BCUT2D eigenvalue weighted by Gasteiger charge is 2.16. The summed E-state index contributed by atoms with van der Waals surface area (Å²) in [5.74, 6) is -0.211. The van der Waals surface area contributed by atoms with Crippen LogP contribution in [0.4, 0.5) is 0 Å². The van der Waals surface area contributed by atoms with Crippen LogP contribution >= 0.6 is 0 Å². The Balaban J connectivity index is 1.67. The number of hydrogen-bond acceptors (Lipinski definition) is 3. The molecule has 6 heteroatoms. The summed E-state index contributed by atoms with van der Waals surface area (Å²) in [5, 5.41) is 10.3. The molecule has 1 aliphatic carbocycles. The normalized spacial score (nSPS) is 14.3. The molecule has 0 aliphatic heterocycles. The highest BCUT2D eigenvalue weighted by atomic mass is 16.1. The number of nitrogens with one attached hydrogen (secondary N) is 3. The average molecular weight is 286 g/mol. The van der Waals surface area contributed by atoms with E-state index in [1.165, 1.54) is 48.8 Å². The van der Waals surface area contributed by atoms with Crippen LogP contribution < -0.4 is 10.9 Å². The van der Waals surface area contributed by atoms with Gasteiger partial charge in [0.15, 0.2) is 0 Å². The predicted molar refractivity (Wildman–Crippen MR) is 78.1 cm³/mol. The molecule has 2 aromatic rings. The number of aromatic amines is 2. The minimum atomic E-state index is -0.218. The maximum atomic E-state index is 12.0. The van der Waals surface area contributed by atoms with Gasteiger partial charge < -0.3 is 10.3 Å². The number of aromatic nitrogens is 3. The van der Waals surface area contributed by atoms with Crippen LogP contribution in [0.1, 0.15) is 46.6 Å². The van der Waals surface area contributed by atoms with Gasteiger partial charge in [-0.15, -0.1) is 0 Å². The molecule has 0 bridgehead atoms. The minimum absolute atomic E-state index is 0.211. The first-order valence-corrected chi connectivity index (χ1v) is 7.26. The Bertz CT molecular complexity index is 681. The lowest BCUT2D eigenvalue weighted by Crippen LogP contribution is -2.24. The Kier molecular flexibility index (Phi) is 3.85. The fourth-order valence-corrected chi connectivity index (χ4v) is 2.69. The first-order valence-electron chi connectivity index (χ1n) is 7.26. The third kappa shape index (κ3) is 3.04. The van der Waals surface area contributed by atoms with Gasteiger partial charge in [-0.2, -0.15) is 5.10 Å². The molecule has 0 radical (unpaired) electrons. The Morgan fingerprint density at radius 2 is 2.10 bits per heavy atom. The van der Waals surface area contributed by atoms with Gasteiger partial charge in [0.2, 0.25) is 5.56 Å². The molecule has 21 heavy (non-hydrogen) atoms. The van der Waals surface area contributed by atoms with Crippen LogP contribution in [-0.4, -0.2) is 21.1 Å². The Hall–Kier alpha value is -2.37. The van der Waals surface area contributed by atoms with Gasteiger partial charge in [0.25, 0.3) is 5.91 Å². The summed E-state index contributed by atoms with van der Waals surface area (Å²) in [6.45, 7) is 0.407. The third-order valence-corrected chi connectivity index (χ3v) is 3.85. The van der Waals surface area contributed by atoms with Gasteiger partial charge in [-0.1, -0.05) is 6.42 Å². The summed E-state index contributed by atoms with van der Waals surface area (Å²) in [7, 11) is 0. The third-order valence-electron chi connectivity index (χ3n) is 3.85. The van der Waals surface area contributed by atoms with E-state index in [0.717, 1.165) is 18.5 Å². The fourth-order valence-electron chi connectivity index (χ4n) is 2.69. The SMILES string of the molecule is O=C(NCc1n[nH]c2c1CCCCC2)c1ccc(=O)[nH]c1. The zero-order valence-electron chi connectivity index (χ0n) is 11.7. The van der Waals surface area contributed by atoms with Crippen LogP contribution in [0.2, 0.25) is 0 Å². The molecule has 110 valence electrons. The maximum Gasteiger partial charge on any atom is 0.253 e. The van der Waals surface area contributed by atoms with Crippen molar-refractivity contribution in [1.82, 2.24) is 20.5 Å². The number of aryl methyl sites for hydroxylation is 1. The van der Waals surface area contributed by atoms with Crippen LogP contribution in [0.3, 0.4) is 0 Å².